The van der Waals surface area contributed by atoms with E-state index in [2.05, 4.69) is 10.2 Å². The molecule has 0 saturated carbocycles. The molecule has 3 aromatic rings. The van der Waals surface area contributed by atoms with Gasteiger partial charge in [-0.3, -0.25) is 9.89 Å². The van der Waals surface area contributed by atoms with Crippen molar-refractivity contribution in [3.63, 3.8) is 0 Å². The molecule has 1 unspecified atom stereocenters. The maximum Gasteiger partial charge on any atom is 0.273 e. The number of phenols is 1. The number of rotatable bonds is 9. The largest absolute Gasteiger partial charge is 0.507 e. The summed E-state index contributed by atoms with van der Waals surface area (Å²) in [5.74, 6) is 1.00. The number of nitrogens with one attached hydrogen (secondary N) is 1. The minimum Gasteiger partial charge on any atom is -0.507 e. The van der Waals surface area contributed by atoms with Crippen LogP contribution in [0.2, 0.25) is 5.02 Å². The molecule has 0 bridgehead atoms. The maximum absolute atomic E-state index is 13.3. The molecule has 4 rings (SSSR count). The number of H-pyrrole nitrogens is 1. The molecule has 3 N–H and O–H groups in total. The number of ether oxygens (including phenoxy) is 2. The number of aliphatic hydroxyl groups is 1. The lowest BCUT2D eigenvalue weighted by Crippen LogP contribution is -2.31. The zero-order valence-electron chi connectivity index (χ0n) is 19.4. The first-order chi connectivity index (χ1) is 16.4. The predicted octanol–water partition coefficient (Wildman–Crippen LogP) is 4.47. The van der Waals surface area contributed by atoms with E-state index in [4.69, 9.17) is 21.1 Å². The van der Waals surface area contributed by atoms with Crippen molar-refractivity contribution in [2.24, 2.45) is 0 Å². The molecule has 0 spiro atoms. The van der Waals surface area contributed by atoms with E-state index in [1.807, 2.05) is 32.0 Å². The van der Waals surface area contributed by atoms with Gasteiger partial charge in [0.15, 0.2) is 11.5 Å². The van der Waals surface area contributed by atoms with Crippen molar-refractivity contribution in [2.75, 3.05) is 26.4 Å². The molecule has 1 amide bonds. The second kappa shape index (κ2) is 9.95. The highest BCUT2D eigenvalue weighted by Crippen LogP contribution is 2.46. The van der Waals surface area contributed by atoms with Gasteiger partial charge in [0.1, 0.15) is 17.1 Å². The van der Waals surface area contributed by atoms with Gasteiger partial charge in [0.25, 0.3) is 5.91 Å². The molecule has 1 atom stereocenters. The highest BCUT2D eigenvalue weighted by atomic mass is 35.5. The Labute approximate surface area is 203 Å². The number of aromatic nitrogens is 2. The Kier molecular flexibility index (Phi) is 7.00. The topological polar surface area (TPSA) is 108 Å². The van der Waals surface area contributed by atoms with Gasteiger partial charge in [0.2, 0.25) is 0 Å². The first-order valence-electron chi connectivity index (χ1n) is 11.3. The van der Waals surface area contributed by atoms with Crippen molar-refractivity contribution in [3.05, 3.63) is 57.7 Å². The van der Waals surface area contributed by atoms with Crippen LogP contribution in [0.15, 0.2) is 30.3 Å². The van der Waals surface area contributed by atoms with Gasteiger partial charge >= 0.3 is 0 Å². The van der Waals surface area contributed by atoms with E-state index in [0.717, 1.165) is 11.1 Å². The SMILES string of the molecule is CCOc1ccc(C2c3c(-c4cc(Cl)c(C)cc4O)n[nH]c3C(=O)N2CCCO)cc1OCC. The molecule has 0 saturated heterocycles. The molecule has 8 nitrogen and oxygen atoms in total. The molecular formula is C25H28ClN3O5. The molecule has 0 aliphatic carbocycles. The number of halogens is 1. The molecule has 2 heterocycles. The predicted molar refractivity (Wildman–Crippen MR) is 129 cm³/mol. The molecule has 1 aliphatic heterocycles. The lowest BCUT2D eigenvalue weighted by molar-refractivity contribution is 0.0732. The van der Waals surface area contributed by atoms with Gasteiger partial charge < -0.3 is 24.6 Å². The number of aromatic hydroxyl groups is 1. The molecule has 180 valence electrons. The number of aliphatic hydroxyl groups excluding tert-OH is 1. The van der Waals surface area contributed by atoms with Gasteiger partial charge in [0.05, 0.1) is 19.3 Å². The lowest BCUT2D eigenvalue weighted by Gasteiger charge is -2.27. The fourth-order valence-corrected chi connectivity index (χ4v) is 4.48. The first-order valence-corrected chi connectivity index (χ1v) is 11.7. The van der Waals surface area contributed by atoms with Crippen LogP contribution in [-0.4, -0.2) is 57.6 Å². The van der Waals surface area contributed by atoms with E-state index in [9.17, 15) is 15.0 Å². The van der Waals surface area contributed by atoms with Crippen molar-refractivity contribution >= 4 is 17.5 Å². The van der Waals surface area contributed by atoms with E-state index in [0.29, 0.717) is 65.2 Å². The van der Waals surface area contributed by atoms with E-state index in [-0.39, 0.29) is 18.3 Å². The van der Waals surface area contributed by atoms with Crippen molar-refractivity contribution in [1.82, 2.24) is 15.1 Å². The van der Waals surface area contributed by atoms with Crippen LogP contribution in [0.3, 0.4) is 0 Å². The summed E-state index contributed by atoms with van der Waals surface area (Å²) < 4.78 is 11.5. The monoisotopic (exact) mass is 485 g/mol. The molecule has 1 aromatic heterocycles. The molecule has 2 aromatic carbocycles. The number of carbonyl (C=O) groups excluding carboxylic acids is 1. The third-order valence-electron chi connectivity index (χ3n) is 5.84. The summed E-state index contributed by atoms with van der Waals surface area (Å²) in [6.45, 7) is 6.85. The summed E-state index contributed by atoms with van der Waals surface area (Å²) in [7, 11) is 0. The Bertz CT molecular complexity index is 1210. The fraction of sp³-hybridized carbons (Fsp3) is 0.360. The molecule has 9 heteroatoms. The molecular weight excluding hydrogens is 458 g/mol. The van der Waals surface area contributed by atoms with Crippen molar-refractivity contribution < 1.29 is 24.5 Å². The van der Waals surface area contributed by atoms with Crippen LogP contribution in [0, 0.1) is 6.92 Å². The van der Waals surface area contributed by atoms with E-state index < -0.39 is 6.04 Å². The maximum atomic E-state index is 13.3. The summed E-state index contributed by atoms with van der Waals surface area (Å²) in [5, 5.41) is 27.8. The van der Waals surface area contributed by atoms with Crippen LogP contribution in [0.1, 0.15) is 53.5 Å². The number of phenolic OH excluding ortho intramolecular Hbond substituents is 1. The quantitative estimate of drug-likeness (QED) is 0.412. The van der Waals surface area contributed by atoms with Crippen molar-refractivity contribution in [2.45, 2.75) is 33.2 Å². The van der Waals surface area contributed by atoms with Crippen molar-refractivity contribution in [3.8, 4) is 28.5 Å². The van der Waals surface area contributed by atoms with Crippen LogP contribution >= 0.6 is 11.6 Å². The Morgan fingerprint density at radius 1 is 1.15 bits per heavy atom. The van der Waals surface area contributed by atoms with E-state index in [1.54, 1.807) is 24.0 Å². The number of hydrogen-bond donors (Lipinski definition) is 3. The second-order valence-electron chi connectivity index (χ2n) is 8.03. The van der Waals surface area contributed by atoms with Gasteiger partial charge in [-0.15, -0.1) is 0 Å². The first kappa shape index (κ1) is 23.9. The van der Waals surface area contributed by atoms with Gasteiger partial charge in [0, 0.05) is 29.3 Å². The minimum absolute atomic E-state index is 0.0258. The van der Waals surface area contributed by atoms with Gasteiger partial charge in [-0.1, -0.05) is 17.7 Å². The van der Waals surface area contributed by atoms with Crippen molar-refractivity contribution in [1.29, 1.82) is 0 Å². The number of benzene rings is 2. The lowest BCUT2D eigenvalue weighted by atomic mass is 9.95. The van der Waals surface area contributed by atoms with Crippen LogP contribution in [-0.2, 0) is 0 Å². The summed E-state index contributed by atoms with van der Waals surface area (Å²) >= 11 is 6.35. The third-order valence-corrected chi connectivity index (χ3v) is 6.24. The number of nitrogens with zero attached hydrogens (tertiary/aromatic N) is 2. The molecule has 0 radical (unpaired) electrons. The molecule has 0 fully saturated rings. The number of fused-ring (bicyclic) bond motifs is 1. The van der Waals surface area contributed by atoms with Crippen LogP contribution in [0.5, 0.6) is 17.2 Å². The van der Waals surface area contributed by atoms with Crippen LogP contribution in [0.25, 0.3) is 11.3 Å². The number of aromatic amines is 1. The summed E-state index contributed by atoms with van der Waals surface area (Å²) in [6, 6.07) is 8.33. The minimum atomic E-state index is -0.503. The van der Waals surface area contributed by atoms with Gasteiger partial charge in [-0.25, -0.2) is 0 Å². The van der Waals surface area contributed by atoms with Gasteiger partial charge in [-0.05, 0) is 62.6 Å². The zero-order valence-corrected chi connectivity index (χ0v) is 20.1. The van der Waals surface area contributed by atoms with Gasteiger partial charge in [-0.2, -0.15) is 5.10 Å². The summed E-state index contributed by atoms with van der Waals surface area (Å²) in [5.41, 5.74) is 3.42. The highest BCUT2D eigenvalue weighted by Gasteiger charge is 2.42. The zero-order chi connectivity index (χ0) is 24.4. The smallest absolute Gasteiger partial charge is 0.273 e. The average Bonchev–Trinajstić information content (AvgIpc) is 3.35. The third kappa shape index (κ3) is 4.19. The summed E-state index contributed by atoms with van der Waals surface area (Å²) in [6.07, 6.45) is 0.423. The van der Waals surface area contributed by atoms with Crippen LogP contribution in [0.4, 0.5) is 0 Å². The second-order valence-corrected chi connectivity index (χ2v) is 8.44. The Balaban J connectivity index is 1.89. The number of carbonyl (C=O) groups is 1. The average molecular weight is 486 g/mol. The fourth-order valence-electron chi connectivity index (χ4n) is 4.31. The van der Waals surface area contributed by atoms with E-state index >= 15 is 0 Å². The normalized spacial score (nSPS) is 15.0. The molecule has 34 heavy (non-hydrogen) atoms. The highest BCUT2D eigenvalue weighted by molar-refractivity contribution is 6.31. The Morgan fingerprint density at radius 2 is 1.88 bits per heavy atom. The Morgan fingerprint density at radius 3 is 2.59 bits per heavy atom. The summed E-state index contributed by atoms with van der Waals surface area (Å²) in [4.78, 5) is 15.0. The number of amides is 1. The van der Waals surface area contributed by atoms with E-state index in [1.165, 1.54) is 0 Å². The number of aryl methyl sites for hydroxylation is 1. The Hall–Kier alpha value is -3.23. The van der Waals surface area contributed by atoms with Crippen LogP contribution < -0.4 is 9.47 Å². The molecule has 1 aliphatic rings. The number of hydrogen-bond acceptors (Lipinski definition) is 6. The standard InChI is InChI=1S/C25H28ClN3O5/c1-4-33-19-8-7-15(12-20(19)34-5-2)24-21-22(16-13-17(26)14(3)11-18(16)31)27-28-23(21)25(32)29(24)9-6-10-30/h7-8,11-13,24,30-31H,4-6,9-10H2,1-3H3,(H,27,28).